The number of hydrogen-bond donors (Lipinski definition) is 0. The molecule has 0 bridgehead atoms. The number of nitrogens with zero attached hydrogens (tertiary/aromatic N) is 1. The van der Waals surface area contributed by atoms with Gasteiger partial charge in [0.2, 0.25) is 0 Å². The van der Waals surface area contributed by atoms with Gasteiger partial charge in [-0.3, -0.25) is 9.69 Å². The van der Waals surface area contributed by atoms with E-state index in [0.29, 0.717) is 5.57 Å². The van der Waals surface area contributed by atoms with Crippen LogP contribution in [0.1, 0.15) is 6.92 Å². The molecule has 0 heterocycles. The van der Waals surface area contributed by atoms with Crippen LogP contribution in [0.25, 0.3) is 0 Å². The van der Waals surface area contributed by atoms with E-state index >= 15 is 0 Å². The van der Waals surface area contributed by atoms with Gasteiger partial charge in [-0.05, 0) is 6.92 Å². The summed E-state index contributed by atoms with van der Waals surface area (Å²) in [6, 6.07) is 0. The first-order valence-corrected chi connectivity index (χ1v) is 2.86. The van der Waals surface area contributed by atoms with E-state index in [0.717, 1.165) is 0 Å². The zero-order valence-corrected chi connectivity index (χ0v) is 6.13. The molecule has 0 aromatic rings. The predicted molar refractivity (Wildman–Crippen MR) is 42.1 cm³/mol. The first-order valence-electron chi connectivity index (χ1n) is 2.86. The Morgan fingerprint density at radius 1 is 1.40 bits per heavy atom. The lowest BCUT2D eigenvalue weighted by Crippen LogP contribution is -2.19. The van der Waals surface area contributed by atoms with Gasteiger partial charge in [0.25, 0.3) is 5.91 Å². The molecule has 2 nitrogen and oxygen atoms in total. The third kappa shape index (κ3) is 1.90. The Morgan fingerprint density at radius 2 is 1.80 bits per heavy atom. The van der Waals surface area contributed by atoms with E-state index in [1.54, 1.807) is 6.92 Å². The predicted octanol–water partition coefficient (Wildman–Crippen LogP) is 1.68. The Labute approximate surface area is 61.1 Å². The Morgan fingerprint density at radius 3 is 1.90 bits per heavy atom. The molecular formula is C8H11NO. The summed E-state index contributed by atoms with van der Waals surface area (Å²) in [5.74, 6) is -0.176. The molecule has 10 heavy (non-hydrogen) atoms. The highest BCUT2D eigenvalue weighted by Crippen LogP contribution is 1.98. The first-order chi connectivity index (χ1) is 4.63. The molecule has 0 spiro atoms. The molecule has 0 aromatic carbocycles. The Kier molecular flexibility index (Phi) is 3.19. The van der Waals surface area contributed by atoms with Crippen molar-refractivity contribution in [3.63, 3.8) is 0 Å². The molecule has 0 saturated heterocycles. The fraction of sp³-hybridized carbons (Fsp3) is 0.125. The lowest BCUT2D eigenvalue weighted by molar-refractivity contribution is -0.122. The third-order valence-corrected chi connectivity index (χ3v) is 0.993. The van der Waals surface area contributed by atoms with Crippen LogP contribution in [0, 0.1) is 0 Å². The minimum atomic E-state index is -0.176. The van der Waals surface area contributed by atoms with E-state index in [2.05, 4.69) is 19.7 Å². The SMILES string of the molecule is C=CN(C=C)C(=O)C(=C)C. The summed E-state index contributed by atoms with van der Waals surface area (Å²) in [5.41, 5.74) is 0.472. The van der Waals surface area contributed by atoms with Crippen molar-refractivity contribution >= 4 is 5.91 Å². The Hall–Kier alpha value is -1.31. The first kappa shape index (κ1) is 8.69. The topological polar surface area (TPSA) is 20.3 Å². The molecule has 0 aliphatic rings. The van der Waals surface area contributed by atoms with Gasteiger partial charge in [0.15, 0.2) is 0 Å². The van der Waals surface area contributed by atoms with Crippen molar-refractivity contribution in [3.8, 4) is 0 Å². The fourth-order valence-corrected chi connectivity index (χ4v) is 0.461. The molecule has 2 heteroatoms. The van der Waals surface area contributed by atoms with Crippen LogP contribution in [0.4, 0.5) is 0 Å². The molecule has 54 valence electrons. The summed E-state index contributed by atoms with van der Waals surface area (Å²) in [5, 5.41) is 0. The molecule has 0 aromatic heterocycles. The average Bonchev–Trinajstić information content (AvgIpc) is 1.90. The normalized spacial score (nSPS) is 8.10. The quantitative estimate of drug-likeness (QED) is 0.542. The minimum absolute atomic E-state index is 0.176. The van der Waals surface area contributed by atoms with Crippen LogP contribution in [-0.2, 0) is 4.79 Å². The van der Waals surface area contributed by atoms with Gasteiger partial charge in [0, 0.05) is 18.0 Å². The molecular weight excluding hydrogens is 126 g/mol. The molecule has 0 aliphatic heterocycles. The van der Waals surface area contributed by atoms with Crippen molar-refractivity contribution in [1.82, 2.24) is 4.90 Å². The number of carbonyl (C=O) groups excluding carboxylic acids is 1. The molecule has 0 aliphatic carbocycles. The highest BCUT2D eigenvalue weighted by Gasteiger charge is 2.05. The van der Waals surface area contributed by atoms with Crippen LogP contribution in [0.3, 0.4) is 0 Å². The Balaban J connectivity index is 4.29. The Bertz CT molecular complexity index is 174. The highest BCUT2D eigenvalue weighted by molar-refractivity contribution is 5.93. The average molecular weight is 137 g/mol. The molecule has 0 radical (unpaired) electrons. The van der Waals surface area contributed by atoms with E-state index in [9.17, 15) is 4.79 Å². The maximum Gasteiger partial charge on any atom is 0.256 e. The summed E-state index contributed by atoms with van der Waals surface area (Å²) in [7, 11) is 0. The van der Waals surface area contributed by atoms with Crippen LogP contribution >= 0.6 is 0 Å². The van der Waals surface area contributed by atoms with E-state index in [4.69, 9.17) is 0 Å². The van der Waals surface area contributed by atoms with E-state index in [-0.39, 0.29) is 5.91 Å². The monoisotopic (exact) mass is 137 g/mol. The zero-order valence-electron chi connectivity index (χ0n) is 6.13. The van der Waals surface area contributed by atoms with Gasteiger partial charge in [-0.25, -0.2) is 0 Å². The van der Waals surface area contributed by atoms with Crippen molar-refractivity contribution in [2.24, 2.45) is 0 Å². The van der Waals surface area contributed by atoms with Gasteiger partial charge >= 0.3 is 0 Å². The van der Waals surface area contributed by atoms with Crippen LogP contribution < -0.4 is 0 Å². The van der Waals surface area contributed by atoms with Gasteiger partial charge in [-0.2, -0.15) is 0 Å². The summed E-state index contributed by atoms with van der Waals surface area (Å²) in [4.78, 5) is 12.3. The third-order valence-electron chi connectivity index (χ3n) is 0.993. The molecule has 0 unspecified atom stereocenters. The summed E-state index contributed by atoms with van der Waals surface area (Å²) < 4.78 is 0. The van der Waals surface area contributed by atoms with Gasteiger partial charge in [-0.15, -0.1) is 0 Å². The van der Waals surface area contributed by atoms with Crippen molar-refractivity contribution in [1.29, 1.82) is 0 Å². The molecule has 0 atom stereocenters. The lowest BCUT2D eigenvalue weighted by atomic mass is 10.3. The largest absolute Gasteiger partial charge is 0.292 e. The summed E-state index contributed by atoms with van der Waals surface area (Å²) >= 11 is 0. The highest BCUT2D eigenvalue weighted by atomic mass is 16.2. The maximum atomic E-state index is 11.0. The van der Waals surface area contributed by atoms with Gasteiger partial charge < -0.3 is 0 Å². The second kappa shape index (κ2) is 3.67. The minimum Gasteiger partial charge on any atom is -0.292 e. The van der Waals surface area contributed by atoms with Crippen LogP contribution in [0.15, 0.2) is 37.7 Å². The van der Waals surface area contributed by atoms with Gasteiger partial charge in [-0.1, -0.05) is 19.7 Å². The second-order valence-corrected chi connectivity index (χ2v) is 1.86. The van der Waals surface area contributed by atoms with E-state index < -0.39 is 0 Å². The van der Waals surface area contributed by atoms with Crippen molar-refractivity contribution < 1.29 is 4.79 Å². The van der Waals surface area contributed by atoms with Crippen molar-refractivity contribution in [2.45, 2.75) is 6.92 Å². The number of amides is 1. The van der Waals surface area contributed by atoms with Gasteiger partial charge in [0.1, 0.15) is 0 Å². The van der Waals surface area contributed by atoms with Crippen LogP contribution in [0.2, 0.25) is 0 Å². The van der Waals surface area contributed by atoms with Crippen LogP contribution in [-0.4, -0.2) is 10.8 Å². The molecule has 0 saturated carbocycles. The number of rotatable bonds is 3. The van der Waals surface area contributed by atoms with E-state index in [1.807, 2.05) is 0 Å². The fourth-order valence-electron chi connectivity index (χ4n) is 0.461. The lowest BCUT2D eigenvalue weighted by Gasteiger charge is -2.10. The van der Waals surface area contributed by atoms with Gasteiger partial charge in [0.05, 0.1) is 0 Å². The maximum absolute atomic E-state index is 11.0. The number of hydrogen-bond acceptors (Lipinski definition) is 1. The standard InChI is InChI=1S/C8H11NO/c1-5-9(6-2)8(10)7(3)4/h5-6H,1-3H2,4H3. The smallest absolute Gasteiger partial charge is 0.256 e. The number of carbonyl (C=O) groups is 1. The molecule has 1 amide bonds. The van der Waals surface area contributed by atoms with Crippen LogP contribution in [0.5, 0.6) is 0 Å². The summed E-state index contributed by atoms with van der Waals surface area (Å²) in [6.07, 6.45) is 2.79. The second-order valence-electron chi connectivity index (χ2n) is 1.86. The van der Waals surface area contributed by atoms with Crippen molar-refractivity contribution in [2.75, 3.05) is 0 Å². The van der Waals surface area contributed by atoms with Crippen molar-refractivity contribution in [3.05, 3.63) is 37.7 Å². The molecule has 0 rings (SSSR count). The zero-order chi connectivity index (χ0) is 8.15. The van der Waals surface area contributed by atoms with E-state index in [1.165, 1.54) is 17.3 Å². The summed E-state index contributed by atoms with van der Waals surface area (Å²) in [6.45, 7) is 12.0. The molecule has 0 N–H and O–H groups in total. The molecule has 0 fully saturated rings.